The maximum Gasteiger partial charge on any atom is 0.406 e. The number of halogens is 3. The van der Waals surface area contributed by atoms with Crippen molar-refractivity contribution < 1.29 is 18.8 Å². The second-order valence-electron chi connectivity index (χ2n) is 2.26. The molecule has 0 atom stereocenters. The van der Waals surface area contributed by atoms with Gasteiger partial charge in [0, 0.05) is 6.07 Å². The highest BCUT2D eigenvalue weighted by atomic mass is 127. The highest BCUT2D eigenvalue weighted by Gasteiger charge is 2.26. The molecule has 5 nitrogen and oxygen atoms in total. The van der Waals surface area contributed by atoms with Gasteiger partial charge in [-0.3, -0.25) is 0 Å². The summed E-state index contributed by atoms with van der Waals surface area (Å²) in [6, 6.07) is 0.882. The molecule has 0 saturated carbocycles. The molecular weight excluding hydrogens is 313 g/mol. The van der Waals surface area contributed by atoms with E-state index >= 15 is 0 Å². The lowest BCUT2D eigenvalue weighted by molar-refractivity contribution is -0.390. The number of rotatable bonds is 2. The maximum absolute atomic E-state index is 12.2. The minimum Gasteiger partial charge on any atom is -0.501 e. The third-order valence-corrected chi connectivity index (χ3v) is 2.21. The zero-order valence-electron chi connectivity index (χ0n) is 6.45. The molecule has 0 fully saturated rings. The second-order valence-corrected chi connectivity index (χ2v) is 3.42. The zero-order chi connectivity index (χ0) is 10.9. The first kappa shape index (κ1) is 11.0. The molecule has 0 radical (unpaired) electrons. The van der Waals surface area contributed by atoms with Gasteiger partial charge in [0.15, 0.2) is 0 Å². The Balaban J connectivity index is 3.34. The van der Waals surface area contributed by atoms with Crippen LogP contribution in [0.5, 0.6) is 5.75 Å². The maximum atomic E-state index is 12.2. The van der Waals surface area contributed by atoms with Crippen molar-refractivity contribution in [1.82, 2.24) is 4.98 Å². The molecule has 1 aromatic heterocycles. The van der Waals surface area contributed by atoms with Crippen LogP contribution in [0.15, 0.2) is 6.07 Å². The Morgan fingerprint density at radius 2 is 2.21 bits per heavy atom. The lowest BCUT2D eigenvalue weighted by atomic mass is 10.3. The Morgan fingerprint density at radius 1 is 1.64 bits per heavy atom. The number of nitrogens with zero attached hydrogens (tertiary/aromatic N) is 2. The van der Waals surface area contributed by atoms with Crippen LogP contribution >= 0.6 is 22.6 Å². The summed E-state index contributed by atoms with van der Waals surface area (Å²) in [5.74, 6) is -1.68. The van der Waals surface area contributed by atoms with Crippen LogP contribution in [0.4, 0.5) is 14.6 Å². The van der Waals surface area contributed by atoms with Gasteiger partial charge in [0.05, 0.1) is 3.57 Å². The highest BCUT2D eigenvalue weighted by Crippen LogP contribution is 2.31. The summed E-state index contributed by atoms with van der Waals surface area (Å²) in [4.78, 5) is 12.3. The van der Waals surface area contributed by atoms with Gasteiger partial charge >= 0.3 is 12.2 Å². The van der Waals surface area contributed by atoms with E-state index in [0.29, 0.717) is 0 Å². The summed E-state index contributed by atoms with van der Waals surface area (Å²) in [5.41, 5.74) is -0.699. The summed E-state index contributed by atoms with van der Waals surface area (Å²) in [7, 11) is 0. The van der Waals surface area contributed by atoms with Crippen LogP contribution in [0.3, 0.4) is 0 Å². The number of aromatic nitrogens is 1. The average molecular weight is 316 g/mol. The number of hydrogen-bond donors (Lipinski definition) is 1. The van der Waals surface area contributed by atoms with Gasteiger partial charge in [0.2, 0.25) is 11.4 Å². The number of aromatic hydroxyl groups is 1. The van der Waals surface area contributed by atoms with E-state index in [4.69, 9.17) is 5.11 Å². The molecule has 14 heavy (non-hydrogen) atoms. The normalized spacial score (nSPS) is 10.6. The zero-order valence-corrected chi connectivity index (χ0v) is 8.60. The molecular formula is C6H3F2IN2O3. The van der Waals surface area contributed by atoms with Gasteiger partial charge in [0.1, 0.15) is 0 Å². The summed E-state index contributed by atoms with van der Waals surface area (Å²) in [5, 5.41) is 19.3. The number of nitro groups is 1. The quantitative estimate of drug-likeness (QED) is 0.516. The first-order valence-electron chi connectivity index (χ1n) is 3.25. The van der Waals surface area contributed by atoms with Crippen molar-refractivity contribution >= 4 is 28.4 Å². The minimum atomic E-state index is -2.90. The molecule has 0 aromatic carbocycles. The number of pyridine rings is 1. The number of hydrogen-bond acceptors (Lipinski definition) is 4. The van der Waals surface area contributed by atoms with Crippen LogP contribution in [-0.4, -0.2) is 15.0 Å². The van der Waals surface area contributed by atoms with Crippen LogP contribution in [0.2, 0.25) is 0 Å². The Hall–Kier alpha value is -1.06. The van der Waals surface area contributed by atoms with E-state index in [1.165, 1.54) is 22.6 Å². The van der Waals surface area contributed by atoms with Gasteiger partial charge < -0.3 is 15.2 Å². The molecule has 1 aromatic rings. The van der Waals surface area contributed by atoms with Gasteiger partial charge in [-0.15, -0.1) is 0 Å². The molecule has 0 bridgehead atoms. The topological polar surface area (TPSA) is 76.3 Å². The van der Waals surface area contributed by atoms with Crippen molar-refractivity contribution in [2.75, 3.05) is 0 Å². The third-order valence-electron chi connectivity index (χ3n) is 1.34. The Bertz CT molecular complexity index is 386. The van der Waals surface area contributed by atoms with Crippen molar-refractivity contribution in [2.24, 2.45) is 0 Å². The fourth-order valence-electron chi connectivity index (χ4n) is 0.771. The molecule has 0 spiro atoms. The molecule has 0 amide bonds. The molecule has 1 heterocycles. The number of alkyl halides is 2. The Kier molecular flexibility index (Phi) is 3.13. The molecule has 8 heteroatoms. The molecule has 0 saturated heterocycles. The molecule has 0 aliphatic carbocycles. The summed E-state index contributed by atoms with van der Waals surface area (Å²) < 4.78 is 24.4. The molecule has 0 aliphatic rings. The van der Waals surface area contributed by atoms with Gasteiger partial charge in [-0.05, 0) is 32.5 Å². The van der Waals surface area contributed by atoms with Crippen molar-refractivity contribution in [2.45, 2.75) is 6.43 Å². The van der Waals surface area contributed by atoms with Gasteiger partial charge in [-0.1, -0.05) is 0 Å². The second kappa shape index (κ2) is 3.98. The van der Waals surface area contributed by atoms with Crippen LogP contribution in [0, 0.1) is 13.7 Å². The lowest BCUT2D eigenvalue weighted by Gasteiger charge is -2.00. The molecule has 1 rings (SSSR count). The van der Waals surface area contributed by atoms with Crippen LogP contribution in [0.25, 0.3) is 0 Å². The lowest BCUT2D eigenvalue weighted by Crippen LogP contribution is -2.00. The smallest absolute Gasteiger partial charge is 0.406 e. The predicted octanol–water partition coefficient (Wildman–Crippen LogP) is 2.24. The Morgan fingerprint density at radius 3 is 2.64 bits per heavy atom. The SMILES string of the molecule is O=[N+]([O-])c1nc(C(F)F)c(I)cc1O. The van der Waals surface area contributed by atoms with Crippen molar-refractivity contribution in [3.05, 3.63) is 25.4 Å². The average Bonchev–Trinajstić information content (AvgIpc) is 2.02. The fourth-order valence-corrected chi connectivity index (χ4v) is 1.42. The fraction of sp³-hybridized carbons (Fsp3) is 0.167. The van der Waals surface area contributed by atoms with E-state index in [1.54, 1.807) is 0 Å². The molecule has 0 aliphatic heterocycles. The van der Waals surface area contributed by atoms with E-state index in [0.717, 1.165) is 6.07 Å². The van der Waals surface area contributed by atoms with E-state index < -0.39 is 28.6 Å². The van der Waals surface area contributed by atoms with Gasteiger partial charge in [-0.2, -0.15) is 0 Å². The van der Waals surface area contributed by atoms with Crippen LogP contribution in [0.1, 0.15) is 12.1 Å². The van der Waals surface area contributed by atoms with Crippen LogP contribution in [-0.2, 0) is 0 Å². The Labute approximate surface area is 90.1 Å². The van der Waals surface area contributed by atoms with E-state index in [9.17, 15) is 18.9 Å². The van der Waals surface area contributed by atoms with Crippen molar-refractivity contribution in [3.8, 4) is 5.75 Å². The summed E-state index contributed by atoms with van der Waals surface area (Å²) >= 11 is 1.52. The summed E-state index contributed by atoms with van der Waals surface area (Å²) in [6.07, 6.45) is -2.90. The largest absolute Gasteiger partial charge is 0.501 e. The van der Waals surface area contributed by atoms with Crippen molar-refractivity contribution in [1.29, 1.82) is 0 Å². The highest BCUT2D eigenvalue weighted by molar-refractivity contribution is 14.1. The van der Waals surface area contributed by atoms with Gasteiger partial charge in [0.25, 0.3) is 0 Å². The minimum absolute atomic E-state index is 0.0132. The monoisotopic (exact) mass is 316 g/mol. The molecule has 76 valence electrons. The third kappa shape index (κ3) is 2.05. The van der Waals surface area contributed by atoms with Crippen LogP contribution < -0.4 is 0 Å². The first-order valence-corrected chi connectivity index (χ1v) is 4.33. The molecule has 0 unspecified atom stereocenters. The first-order chi connectivity index (χ1) is 6.43. The van der Waals surface area contributed by atoms with E-state index in [-0.39, 0.29) is 3.57 Å². The van der Waals surface area contributed by atoms with Gasteiger partial charge in [-0.25, -0.2) is 8.78 Å². The predicted molar refractivity (Wildman–Crippen MR) is 50.2 cm³/mol. The molecule has 1 N–H and O–H groups in total. The van der Waals surface area contributed by atoms with Crippen molar-refractivity contribution in [3.63, 3.8) is 0 Å². The summed E-state index contributed by atoms with van der Waals surface area (Å²) in [6.45, 7) is 0. The van der Waals surface area contributed by atoms with E-state index in [2.05, 4.69) is 4.98 Å². The standard InChI is InChI=1S/C6H3F2IN2O3/c7-5(8)4-2(9)1-3(12)6(10-4)11(13)14/h1,5,12H. The van der Waals surface area contributed by atoms with E-state index in [1.807, 2.05) is 0 Å².